The van der Waals surface area contributed by atoms with Crippen LogP contribution in [0.2, 0.25) is 5.02 Å². The number of rotatable bonds is 6. The molecule has 1 atom stereocenters. The monoisotopic (exact) mass is 427 g/mol. The molecule has 2 aromatic carbocycles. The van der Waals surface area contributed by atoms with Gasteiger partial charge in [0.15, 0.2) is 0 Å². The minimum Gasteiger partial charge on any atom is -0.394 e. The number of aliphatic hydroxyl groups excluding tert-OH is 1. The minimum absolute atomic E-state index is 0.140. The number of aromatic nitrogens is 2. The third kappa shape index (κ3) is 4.27. The van der Waals surface area contributed by atoms with Crippen molar-refractivity contribution >= 4 is 17.5 Å². The summed E-state index contributed by atoms with van der Waals surface area (Å²) in [4.78, 5) is 25.9. The molecule has 0 unspecified atom stereocenters. The Morgan fingerprint density at radius 3 is 2.60 bits per heavy atom. The summed E-state index contributed by atoms with van der Waals surface area (Å²) in [5, 5.41) is 17.2. The molecule has 3 aromatic rings. The van der Waals surface area contributed by atoms with E-state index in [0.717, 1.165) is 17.5 Å². The van der Waals surface area contributed by atoms with Crippen molar-refractivity contribution in [1.29, 1.82) is 0 Å². The summed E-state index contributed by atoms with van der Waals surface area (Å²) in [5.41, 5.74) is 0.375. The third-order valence-corrected chi connectivity index (χ3v) is 5.31. The van der Waals surface area contributed by atoms with Gasteiger partial charge in [-0.05, 0) is 55.2 Å². The van der Waals surface area contributed by atoms with Gasteiger partial charge in [-0.25, -0.2) is 4.39 Å². The van der Waals surface area contributed by atoms with Crippen LogP contribution in [0.1, 0.15) is 23.2 Å². The SMILES string of the molecule is O=C(N[C@H](CO)C1CC1)c1cc(-c2ccc(Cl)cc2)nn(-c2cccc(F)c2)c1=O. The van der Waals surface area contributed by atoms with Crippen molar-refractivity contribution < 1.29 is 14.3 Å². The van der Waals surface area contributed by atoms with Crippen LogP contribution in [0.4, 0.5) is 4.39 Å². The zero-order valence-corrected chi connectivity index (χ0v) is 16.6. The van der Waals surface area contributed by atoms with Crippen molar-refractivity contribution in [2.45, 2.75) is 18.9 Å². The number of nitrogens with zero attached hydrogens (tertiary/aromatic N) is 2. The fourth-order valence-corrected chi connectivity index (χ4v) is 3.39. The second kappa shape index (κ2) is 8.38. The van der Waals surface area contributed by atoms with Crippen molar-refractivity contribution in [2.75, 3.05) is 6.61 Å². The van der Waals surface area contributed by atoms with Gasteiger partial charge in [0.2, 0.25) is 0 Å². The highest BCUT2D eigenvalue weighted by atomic mass is 35.5. The molecule has 30 heavy (non-hydrogen) atoms. The van der Waals surface area contributed by atoms with E-state index in [-0.39, 0.29) is 23.8 Å². The van der Waals surface area contributed by atoms with Gasteiger partial charge in [0.25, 0.3) is 11.5 Å². The average Bonchev–Trinajstić information content (AvgIpc) is 3.58. The number of halogens is 2. The van der Waals surface area contributed by atoms with E-state index in [2.05, 4.69) is 10.4 Å². The lowest BCUT2D eigenvalue weighted by Crippen LogP contribution is -2.42. The Morgan fingerprint density at radius 1 is 1.23 bits per heavy atom. The van der Waals surface area contributed by atoms with Gasteiger partial charge in [-0.2, -0.15) is 9.78 Å². The molecule has 0 aliphatic heterocycles. The summed E-state index contributed by atoms with van der Waals surface area (Å²) in [6.45, 7) is -0.205. The quantitative estimate of drug-likeness (QED) is 0.632. The predicted octanol–water partition coefficient (Wildman–Crippen LogP) is 3.19. The lowest BCUT2D eigenvalue weighted by molar-refractivity contribution is 0.0906. The van der Waals surface area contributed by atoms with Crippen LogP contribution < -0.4 is 10.9 Å². The molecule has 1 aliphatic rings. The molecule has 1 saturated carbocycles. The van der Waals surface area contributed by atoms with E-state index in [1.54, 1.807) is 24.3 Å². The Labute approximate surface area is 176 Å². The first-order valence-electron chi connectivity index (χ1n) is 9.54. The van der Waals surface area contributed by atoms with Crippen molar-refractivity contribution in [3.63, 3.8) is 0 Å². The number of carbonyl (C=O) groups excluding carboxylic acids is 1. The van der Waals surface area contributed by atoms with Crippen LogP contribution in [-0.2, 0) is 0 Å². The second-order valence-electron chi connectivity index (χ2n) is 7.25. The van der Waals surface area contributed by atoms with Crippen LogP contribution in [0.25, 0.3) is 16.9 Å². The average molecular weight is 428 g/mol. The maximum atomic E-state index is 13.8. The van der Waals surface area contributed by atoms with Crippen LogP contribution in [0.15, 0.2) is 59.4 Å². The number of nitrogens with one attached hydrogen (secondary N) is 1. The van der Waals surface area contributed by atoms with E-state index >= 15 is 0 Å². The first kappa shape index (κ1) is 20.3. The van der Waals surface area contributed by atoms with E-state index in [0.29, 0.717) is 16.3 Å². The Morgan fingerprint density at radius 2 is 1.97 bits per heavy atom. The molecule has 1 fully saturated rings. The number of benzene rings is 2. The summed E-state index contributed by atoms with van der Waals surface area (Å²) in [6.07, 6.45) is 1.84. The molecule has 0 spiro atoms. The fraction of sp³-hybridized carbons (Fsp3) is 0.227. The smallest absolute Gasteiger partial charge is 0.284 e. The summed E-state index contributed by atoms with van der Waals surface area (Å²) in [7, 11) is 0. The van der Waals surface area contributed by atoms with E-state index in [9.17, 15) is 19.1 Å². The van der Waals surface area contributed by atoms with Crippen LogP contribution in [0, 0.1) is 11.7 Å². The molecular formula is C22H19ClFN3O3. The zero-order valence-electron chi connectivity index (χ0n) is 15.9. The second-order valence-corrected chi connectivity index (χ2v) is 7.68. The zero-order chi connectivity index (χ0) is 21.3. The highest BCUT2D eigenvalue weighted by Crippen LogP contribution is 2.32. The molecule has 4 rings (SSSR count). The maximum absolute atomic E-state index is 13.8. The summed E-state index contributed by atoms with van der Waals surface area (Å²) in [5.74, 6) is -0.922. The van der Waals surface area contributed by atoms with E-state index in [1.165, 1.54) is 30.3 Å². The van der Waals surface area contributed by atoms with Gasteiger partial charge in [-0.3, -0.25) is 9.59 Å². The first-order chi connectivity index (χ1) is 14.5. The van der Waals surface area contributed by atoms with Crippen molar-refractivity contribution in [1.82, 2.24) is 15.1 Å². The van der Waals surface area contributed by atoms with Crippen molar-refractivity contribution in [3.05, 3.63) is 81.4 Å². The molecule has 1 aromatic heterocycles. The van der Waals surface area contributed by atoms with Crippen molar-refractivity contribution in [3.8, 4) is 16.9 Å². The Kier molecular flexibility index (Phi) is 5.65. The third-order valence-electron chi connectivity index (χ3n) is 5.05. The number of hydrogen-bond donors (Lipinski definition) is 2. The minimum atomic E-state index is -0.677. The lowest BCUT2D eigenvalue weighted by Gasteiger charge is -2.16. The number of amides is 1. The number of carbonyl (C=O) groups is 1. The summed E-state index contributed by atoms with van der Waals surface area (Å²) < 4.78 is 14.8. The first-order valence-corrected chi connectivity index (χ1v) is 9.92. The van der Waals surface area contributed by atoms with Crippen LogP contribution in [-0.4, -0.2) is 33.4 Å². The van der Waals surface area contributed by atoms with Crippen LogP contribution in [0.3, 0.4) is 0 Å². The summed E-state index contributed by atoms with van der Waals surface area (Å²) in [6, 6.07) is 13.2. The normalized spacial score (nSPS) is 14.4. The van der Waals surface area contributed by atoms with Crippen molar-refractivity contribution in [2.24, 2.45) is 5.92 Å². The molecule has 1 heterocycles. The van der Waals surface area contributed by atoms with Gasteiger partial charge in [-0.15, -0.1) is 0 Å². The molecule has 1 amide bonds. The molecular weight excluding hydrogens is 409 g/mol. The number of aliphatic hydroxyl groups is 1. The highest BCUT2D eigenvalue weighted by molar-refractivity contribution is 6.30. The van der Waals surface area contributed by atoms with E-state index < -0.39 is 23.3 Å². The largest absolute Gasteiger partial charge is 0.394 e. The Balaban J connectivity index is 1.82. The van der Waals surface area contributed by atoms with E-state index in [1.807, 2.05) is 0 Å². The van der Waals surface area contributed by atoms with Crippen LogP contribution >= 0.6 is 11.6 Å². The highest BCUT2D eigenvalue weighted by Gasteiger charge is 2.32. The standard InChI is InChI=1S/C22H19ClFN3O3/c23-15-8-6-13(7-9-15)19-11-18(21(29)25-20(12-28)14-4-5-14)22(30)27(26-19)17-3-1-2-16(24)10-17/h1-3,6-11,14,20,28H,4-5,12H2,(H,25,29)/t20-/m1/s1. The maximum Gasteiger partial charge on any atom is 0.284 e. The fourth-order valence-electron chi connectivity index (χ4n) is 3.26. The number of hydrogen-bond acceptors (Lipinski definition) is 4. The summed E-state index contributed by atoms with van der Waals surface area (Å²) >= 11 is 5.95. The molecule has 0 saturated heterocycles. The van der Waals surface area contributed by atoms with E-state index in [4.69, 9.17) is 11.6 Å². The van der Waals surface area contributed by atoms with Gasteiger partial charge < -0.3 is 10.4 Å². The predicted molar refractivity (Wildman–Crippen MR) is 111 cm³/mol. The molecule has 2 N–H and O–H groups in total. The Bertz CT molecular complexity index is 1140. The molecule has 0 bridgehead atoms. The topological polar surface area (TPSA) is 84.2 Å². The van der Waals surface area contributed by atoms with Gasteiger partial charge in [-0.1, -0.05) is 29.8 Å². The molecule has 154 valence electrons. The molecule has 1 aliphatic carbocycles. The Hall–Kier alpha value is -3.03. The lowest BCUT2D eigenvalue weighted by atomic mass is 10.1. The van der Waals surface area contributed by atoms with Gasteiger partial charge >= 0.3 is 0 Å². The van der Waals surface area contributed by atoms with Gasteiger partial charge in [0.1, 0.15) is 11.4 Å². The van der Waals surface area contributed by atoms with Gasteiger partial charge in [0.05, 0.1) is 24.0 Å². The van der Waals surface area contributed by atoms with Crippen LogP contribution in [0.5, 0.6) is 0 Å². The molecule has 8 heteroatoms. The van der Waals surface area contributed by atoms with Gasteiger partial charge in [0, 0.05) is 10.6 Å². The molecule has 6 nitrogen and oxygen atoms in total. The molecule has 0 radical (unpaired) electrons.